The maximum Gasteiger partial charge on any atom is 0.332 e. The quantitative estimate of drug-likeness (QED) is 0.702. The second kappa shape index (κ2) is 6.53. The first-order valence-corrected chi connectivity index (χ1v) is 5.68. The minimum Gasteiger partial charge on any atom is -0.479 e. The molecule has 18 heavy (non-hydrogen) atoms. The third kappa shape index (κ3) is 4.48. The summed E-state index contributed by atoms with van der Waals surface area (Å²) >= 11 is 11.3. The molecule has 0 aromatic carbocycles. The monoisotopic (exact) mass is 292 g/mol. The standard InChI is InChI=1S/C10H10Cl2N2O4/c11-7-3-5(4-8(12)14-7)9(16)13-2-1-6(15)10(17)18/h3-4,6,15H,1-2H2,(H,13,16)(H,17,18). The van der Waals surface area contributed by atoms with Gasteiger partial charge in [0.25, 0.3) is 5.91 Å². The van der Waals surface area contributed by atoms with Crippen molar-refractivity contribution in [3.8, 4) is 0 Å². The Labute approximate surface area is 113 Å². The van der Waals surface area contributed by atoms with Gasteiger partial charge in [0.15, 0.2) is 6.10 Å². The van der Waals surface area contributed by atoms with E-state index in [0.29, 0.717) is 0 Å². The topological polar surface area (TPSA) is 99.5 Å². The number of carbonyl (C=O) groups is 2. The fraction of sp³-hybridized carbons (Fsp3) is 0.300. The smallest absolute Gasteiger partial charge is 0.332 e. The van der Waals surface area contributed by atoms with Crippen molar-refractivity contribution < 1.29 is 19.8 Å². The van der Waals surface area contributed by atoms with Gasteiger partial charge in [0.2, 0.25) is 0 Å². The Kier molecular flexibility index (Phi) is 5.33. The Morgan fingerprint density at radius 2 is 1.89 bits per heavy atom. The van der Waals surface area contributed by atoms with E-state index in [1.807, 2.05) is 0 Å². The van der Waals surface area contributed by atoms with Gasteiger partial charge in [0, 0.05) is 18.5 Å². The molecule has 0 bridgehead atoms. The van der Waals surface area contributed by atoms with Crippen LogP contribution >= 0.6 is 23.2 Å². The molecule has 0 saturated carbocycles. The van der Waals surface area contributed by atoms with Crippen molar-refractivity contribution in [1.82, 2.24) is 10.3 Å². The summed E-state index contributed by atoms with van der Waals surface area (Å²) in [5.41, 5.74) is 0.213. The van der Waals surface area contributed by atoms with E-state index in [0.717, 1.165) is 0 Å². The highest BCUT2D eigenvalue weighted by Gasteiger charge is 2.14. The van der Waals surface area contributed by atoms with Gasteiger partial charge in [-0.3, -0.25) is 4.79 Å². The molecule has 1 atom stereocenters. The molecule has 0 aliphatic carbocycles. The molecule has 1 amide bonds. The largest absolute Gasteiger partial charge is 0.479 e. The molecule has 0 fully saturated rings. The minimum atomic E-state index is -1.50. The van der Waals surface area contributed by atoms with Crippen molar-refractivity contribution >= 4 is 35.1 Å². The molecule has 0 aliphatic heterocycles. The van der Waals surface area contributed by atoms with Crippen molar-refractivity contribution in [2.24, 2.45) is 0 Å². The van der Waals surface area contributed by atoms with Gasteiger partial charge < -0.3 is 15.5 Å². The molecule has 8 heteroatoms. The second-order valence-corrected chi connectivity index (χ2v) is 4.17. The van der Waals surface area contributed by atoms with E-state index in [1.165, 1.54) is 12.1 Å². The van der Waals surface area contributed by atoms with E-state index in [4.69, 9.17) is 33.4 Å². The number of hydrogen-bond acceptors (Lipinski definition) is 4. The normalized spacial score (nSPS) is 11.9. The highest BCUT2D eigenvalue weighted by molar-refractivity contribution is 6.33. The number of hydrogen-bond donors (Lipinski definition) is 3. The molecule has 0 radical (unpaired) electrons. The summed E-state index contributed by atoms with van der Waals surface area (Å²) in [6.07, 6.45) is -1.59. The number of pyridine rings is 1. The average molecular weight is 293 g/mol. The van der Waals surface area contributed by atoms with E-state index in [-0.39, 0.29) is 28.8 Å². The lowest BCUT2D eigenvalue weighted by atomic mass is 10.2. The molecule has 0 saturated heterocycles. The van der Waals surface area contributed by atoms with Crippen molar-refractivity contribution in [1.29, 1.82) is 0 Å². The fourth-order valence-corrected chi connectivity index (χ4v) is 1.60. The Morgan fingerprint density at radius 3 is 2.39 bits per heavy atom. The summed E-state index contributed by atoms with van der Waals surface area (Å²) in [7, 11) is 0. The van der Waals surface area contributed by atoms with Gasteiger partial charge in [-0.25, -0.2) is 9.78 Å². The number of carboxylic acid groups (broad SMARTS) is 1. The first-order valence-electron chi connectivity index (χ1n) is 4.92. The number of rotatable bonds is 5. The lowest BCUT2D eigenvalue weighted by Gasteiger charge is -2.07. The summed E-state index contributed by atoms with van der Waals surface area (Å²) < 4.78 is 0. The molecule has 98 valence electrons. The Morgan fingerprint density at radius 1 is 1.33 bits per heavy atom. The molecule has 1 aromatic rings. The summed E-state index contributed by atoms with van der Waals surface area (Å²) in [6, 6.07) is 2.66. The molecule has 1 aromatic heterocycles. The van der Waals surface area contributed by atoms with E-state index in [1.54, 1.807) is 0 Å². The molecule has 0 spiro atoms. The van der Waals surface area contributed by atoms with Crippen LogP contribution in [0.1, 0.15) is 16.8 Å². The van der Waals surface area contributed by atoms with Gasteiger partial charge in [0.1, 0.15) is 10.3 Å². The lowest BCUT2D eigenvalue weighted by molar-refractivity contribution is -0.146. The van der Waals surface area contributed by atoms with Crippen LogP contribution in [0.15, 0.2) is 12.1 Å². The summed E-state index contributed by atoms with van der Waals surface area (Å²) in [4.78, 5) is 25.6. The van der Waals surface area contributed by atoms with Gasteiger partial charge in [0.05, 0.1) is 0 Å². The summed E-state index contributed by atoms with van der Waals surface area (Å²) in [6.45, 7) is 0.0177. The van der Waals surface area contributed by atoms with Gasteiger partial charge in [-0.1, -0.05) is 23.2 Å². The van der Waals surface area contributed by atoms with Gasteiger partial charge >= 0.3 is 5.97 Å². The molecular formula is C10H10Cl2N2O4. The number of halogens is 2. The van der Waals surface area contributed by atoms with E-state index < -0.39 is 18.0 Å². The predicted octanol–water partition coefficient (Wildman–Crippen LogP) is 0.954. The van der Waals surface area contributed by atoms with Gasteiger partial charge in [-0.05, 0) is 12.1 Å². The first kappa shape index (κ1) is 14.7. The number of nitrogens with zero attached hydrogens (tertiary/aromatic N) is 1. The molecular weight excluding hydrogens is 283 g/mol. The van der Waals surface area contributed by atoms with E-state index in [9.17, 15) is 9.59 Å². The molecule has 1 rings (SSSR count). The SMILES string of the molecule is O=C(NCCC(O)C(=O)O)c1cc(Cl)nc(Cl)c1. The number of nitrogens with one attached hydrogen (secondary N) is 1. The maximum atomic E-state index is 11.6. The van der Waals surface area contributed by atoms with Crippen LogP contribution in [-0.2, 0) is 4.79 Å². The van der Waals surface area contributed by atoms with E-state index >= 15 is 0 Å². The van der Waals surface area contributed by atoms with Crippen molar-refractivity contribution in [2.45, 2.75) is 12.5 Å². The first-order chi connectivity index (χ1) is 8.40. The number of carboxylic acids is 1. The minimum absolute atomic E-state index is 0.0177. The number of aliphatic hydroxyl groups excluding tert-OH is 1. The molecule has 1 unspecified atom stereocenters. The zero-order valence-corrected chi connectivity index (χ0v) is 10.6. The van der Waals surface area contributed by atoms with Crippen LogP contribution in [0.2, 0.25) is 10.3 Å². The molecule has 3 N–H and O–H groups in total. The third-order valence-corrected chi connectivity index (χ3v) is 2.40. The van der Waals surface area contributed by atoms with Crippen molar-refractivity contribution in [3.05, 3.63) is 28.0 Å². The maximum absolute atomic E-state index is 11.6. The number of carbonyl (C=O) groups excluding carboxylic acids is 1. The number of aliphatic carboxylic acids is 1. The molecule has 1 heterocycles. The van der Waals surface area contributed by atoms with Crippen LogP contribution < -0.4 is 5.32 Å². The van der Waals surface area contributed by atoms with Crippen LogP contribution in [0, 0.1) is 0 Å². The van der Waals surface area contributed by atoms with Crippen LogP contribution in [0.4, 0.5) is 0 Å². The van der Waals surface area contributed by atoms with Crippen LogP contribution in [-0.4, -0.2) is 39.7 Å². The van der Waals surface area contributed by atoms with Crippen molar-refractivity contribution in [3.63, 3.8) is 0 Å². The van der Waals surface area contributed by atoms with Crippen LogP contribution in [0.5, 0.6) is 0 Å². The molecule has 6 nitrogen and oxygen atoms in total. The van der Waals surface area contributed by atoms with Crippen LogP contribution in [0.25, 0.3) is 0 Å². The molecule has 0 aliphatic rings. The van der Waals surface area contributed by atoms with E-state index in [2.05, 4.69) is 10.3 Å². The number of amides is 1. The highest BCUT2D eigenvalue weighted by atomic mass is 35.5. The fourth-order valence-electron chi connectivity index (χ4n) is 1.14. The zero-order valence-electron chi connectivity index (χ0n) is 9.06. The zero-order chi connectivity index (χ0) is 13.7. The summed E-state index contributed by atoms with van der Waals surface area (Å²) in [5, 5.41) is 20.0. The van der Waals surface area contributed by atoms with Gasteiger partial charge in [-0.2, -0.15) is 0 Å². The van der Waals surface area contributed by atoms with Crippen LogP contribution in [0.3, 0.4) is 0 Å². The Balaban J connectivity index is 2.53. The van der Waals surface area contributed by atoms with Crippen molar-refractivity contribution in [2.75, 3.05) is 6.54 Å². The lowest BCUT2D eigenvalue weighted by Crippen LogP contribution is -2.30. The number of aromatic nitrogens is 1. The van der Waals surface area contributed by atoms with Gasteiger partial charge in [-0.15, -0.1) is 0 Å². The Hall–Kier alpha value is -1.37. The average Bonchev–Trinajstić information content (AvgIpc) is 2.27. The predicted molar refractivity (Wildman–Crippen MR) is 64.8 cm³/mol. The summed E-state index contributed by atoms with van der Waals surface area (Å²) in [5.74, 6) is -1.81. The second-order valence-electron chi connectivity index (χ2n) is 3.40. The Bertz CT molecular complexity index is 447. The third-order valence-electron chi connectivity index (χ3n) is 2.01. The highest BCUT2D eigenvalue weighted by Crippen LogP contribution is 2.14. The number of aliphatic hydroxyl groups is 1.